The highest BCUT2D eigenvalue weighted by molar-refractivity contribution is 6.08. The minimum absolute atomic E-state index is 0.0619. The van der Waals surface area contributed by atoms with Crippen molar-refractivity contribution in [3.8, 4) is 5.75 Å². The SMILES string of the molecule is COC(=O)c1cccc(NC(=O)CC(=O)Nc2ccc(OC(C)C)cc2)c1. The maximum atomic E-state index is 12.0. The van der Waals surface area contributed by atoms with E-state index in [1.165, 1.54) is 13.2 Å². The van der Waals surface area contributed by atoms with Crippen molar-refractivity contribution in [1.29, 1.82) is 0 Å². The van der Waals surface area contributed by atoms with Crippen LogP contribution >= 0.6 is 0 Å². The van der Waals surface area contributed by atoms with Crippen LogP contribution in [0.25, 0.3) is 0 Å². The lowest BCUT2D eigenvalue weighted by molar-refractivity contribution is -0.123. The fraction of sp³-hybridized carbons (Fsp3) is 0.250. The Morgan fingerprint density at radius 1 is 0.926 bits per heavy atom. The fourth-order valence-corrected chi connectivity index (χ4v) is 2.29. The predicted molar refractivity (Wildman–Crippen MR) is 102 cm³/mol. The van der Waals surface area contributed by atoms with E-state index in [9.17, 15) is 14.4 Å². The molecule has 0 fully saturated rings. The summed E-state index contributed by atoms with van der Waals surface area (Å²) in [7, 11) is 1.28. The molecular weight excluding hydrogens is 348 g/mol. The summed E-state index contributed by atoms with van der Waals surface area (Å²) < 4.78 is 10.2. The van der Waals surface area contributed by atoms with Gasteiger partial charge in [0.25, 0.3) is 0 Å². The van der Waals surface area contributed by atoms with Crippen molar-refractivity contribution < 1.29 is 23.9 Å². The van der Waals surface area contributed by atoms with Crippen LogP contribution in [0, 0.1) is 0 Å². The van der Waals surface area contributed by atoms with Crippen molar-refractivity contribution in [1.82, 2.24) is 0 Å². The molecule has 0 saturated carbocycles. The molecule has 2 aromatic rings. The van der Waals surface area contributed by atoms with Gasteiger partial charge in [-0.2, -0.15) is 0 Å². The molecule has 0 spiro atoms. The molecule has 2 aromatic carbocycles. The number of methoxy groups -OCH3 is 1. The molecule has 0 aliphatic heterocycles. The monoisotopic (exact) mass is 370 g/mol. The average molecular weight is 370 g/mol. The summed E-state index contributed by atoms with van der Waals surface area (Å²) in [6, 6.07) is 13.2. The van der Waals surface area contributed by atoms with E-state index < -0.39 is 17.8 Å². The molecule has 2 amide bonds. The average Bonchev–Trinajstić information content (AvgIpc) is 2.62. The first-order chi connectivity index (χ1) is 12.9. The molecule has 0 aliphatic carbocycles. The number of ether oxygens (including phenoxy) is 2. The van der Waals surface area contributed by atoms with Gasteiger partial charge < -0.3 is 20.1 Å². The third-order valence-corrected chi connectivity index (χ3v) is 3.40. The topological polar surface area (TPSA) is 93.7 Å². The first kappa shape index (κ1) is 20.0. The molecule has 7 nitrogen and oxygen atoms in total. The number of anilines is 2. The van der Waals surface area contributed by atoms with Crippen LogP contribution in [-0.2, 0) is 14.3 Å². The van der Waals surface area contributed by atoms with E-state index >= 15 is 0 Å². The maximum absolute atomic E-state index is 12.0. The van der Waals surface area contributed by atoms with Crippen molar-refractivity contribution >= 4 is 29.2 Å². The second-order valence-electron chi connectivity index (χ2n) is 6.04. The summed E-state index contributed by atoms with van der Waals surface area (Å²) >= 11 is 0. The van der Waals surface area contributed by atoms with Gasteiger partial charge in [-0.15, -0.1) is 0 Å². The molecule has 0 aromatic heterocycles. The van der Waals surface area contributed by atoms with Crippen LogP contribution in [0.1, 0.15) is 30.6 Å². The Morgan fingerprint density at radius 2 is 1.56 bits per heavy atom. The standard InChI is InChI=1S/C20H22N2O5/c1-13(2)27-17-9-7-15(8-10-17)21-18(23)12-19(24)22-16-6-4-5-14(11-16)20(25)26-3/h4-11,13H,12H2,1-3H3,(H,21,23)(H,22,24). The van der Waals surface area contributed by atoms with E-state index in [0.29, 0.717) is 22.7 Å². The molecule has 7 heteroatoms. The number of esters is 1. The van der Waals surface area contributed by atoms with E-state index in [1.54, 1.807) is 42.5 Å². The normalized spacial score (nSPS) is 10.2. The Morgan fingerprint density at radius 3 is 2.15 bits per heavy atom. The Labute approximate surface area is 157 Å². The predicted octanol–water partition coefficient (Wildman–Crippen LogP) is 3.23. The molecule has 0 unspecified atom stereocenters. The molecule has 0 bridgehead atoms. The quantitative estimate of drug-likeness (QED) is 0.576. The number of carbonyl (C=O) groups is 3. The van der Waals surface area contributed by atoms with Crippen molar-refractivity contribution in [2.24, 2.45) is 0 Å². The van der Waals surface area contributed by atoms with E-state index in [2.05, 4.69) is 15.4 Å². The summed E-state index contributed by atoms with van der Waals surface area (Å²) in [5.74, 6) is -0.747. The van der Waals surface area contributed by atoms with Gasteiger partial charge in [-0.25, -0.2) is 4.79 Å². The summed E-state index contributed by atoms with van der Waals surface area (Å²) in [6.45, 7) is 3.85. The van der Waals surface area contributed by atoms with Gasteiger partial charge in [-0.3, -0.25) is 9.59 Å². The summed E-state index contributed by atoms with van der Waals surface area (Å²) in [5, 5.41) is 5.23. The second kappa shape index (κ2) is 9.38. The van der Waals surface area contributed by atoms with Crippen molar-refractivity contribution in [3.05, 3.63) is 54.1 Å². The van der Waals surface area contributed by atoms with E-state index in [-0.39, 0.29) is 12.5 Å². The van der Waals surface area contributed by atoms with Gasteiger partial charge in [0.1, 0.15) is 12.2 Å². The Balaban J connectivity index is 1.88. The highest BCUT2D eigenvalue weighted by atomic mass is 16.5. The van der Waals surface area contributed by atoms with Gasteiger partial charge in [0.2, 0.25) is 11.8 Å². The Hall–Kier alpha value is -3.35. The zero-order valence-corrected chi connectivity index (χ0v) is 15.4. The minimum atomic E-state index is -0.506. The van der Waals surface area contributed by atoms with Crippen molar-refractivity contribution in [3.63, 3.8) is 0 Å². The highest BCUT2D eigenvalue weighted by Crippen LogP contribution is 2.17. The summed E-state index contributed by atoms with van der Waals surface area (Å²) in [4.78, 5) is 35.6. The molecule has 27 heavy (non-hydrogen) atoms. The van der Waals surface area contributed by atoms with Crippen LogP contribution < -0.4 is 15.4 Å². The van der Waals surface area contributed by atoms with Crippen LogP contribution in [0.3, 0.4) is 0 Å². The molecular formula is C20H22N2O5. The van der Waals surface area contributed by atoms with Gasteiger partial charge in [-0.05, 0) is 56.3 Å². The molecule has 2 N–H and O–H groups in total. The largest absolute Gasteiger partial charge is 0.491 e. The van der Waals surface area contributed by atoms with Gasteiger partial charge in [0, 0.05) is 11.4 Å². The molecule has 0 atom stereocenters. The van der Waals surface area contributed by atoms with Gasteiger partial charge in [-0.1, -0.05) is 6.07 Å². The van der Waals surface area contributed by atoms with E-state index in [1.807, 2.05) is 13.8 Å². The number of amides is 2. The van der Waals surface area contributed by atoms with E-state index in [0.717, 1.165) is 0 Å². The number of nitrogens with one attached hydrogen (secondary N) is 2. The first-order valence-corrected chi connectivity index (χ1v) is 8.42. The Bertz CT molecular complexity index is 815. The van der Waals surface area contributed by atoms with Crippen LogP contribution in [-0.4, -0.2) is 31.0 Å². The van der Waals surface area contributed by atoms with Crippen LogP contribution in [0.15, 0.2) is 48.5 Å². The first-order valence-electron chi connectivity index (χ1n) is 8.42. The van der Waals surface area contributed by atoms with Crippen molar-refractivity contribution in [2.45, 2.75) is 26.4 Å². The molecule has 0 saturated heterocycles. The third-order valence-electron chi connectivity index (χ3n) is 3.40. The lowest BCUT2D eigenvalue weighted by Gasteiger charge is -2.11. The zero-order valence-electron chi connectivity index (χ0n) is 15.4. The molecule has 0 aliphatic rings. The number of hydrogen-bond donors (Lipinski definition) is 2. The van der Waals surface area contributed by atoms with Crippen LogP contribution in [0.2, 0.25) is 0 Å². The number of carbonyl (C=O) groups excluding carboxylic acids is 3. The van der Waals surface area contributed by atoms with Crippen LogP contribution in [0.4, 0.5) is 11.4 Å². The fourth-order valence-electron chi connectivity index (χ4n) is 2.29. The molecule has 142 valence electrons. The molecule has 0 heterocycles. The van der Waals surface area contributed by atoms with E-state index in [4.69, 9.17) is 4.74 Å². The molecule has 0 radical (unpaired) electrons. The van der Waals surface area contributed by atoms with Crippen LogP contribution in [0.5, 0.6) is 5.75 Å². The van der Waals surface area contributed by atoms with Gasteiger partial charge in [0.15, 0.2) is 0 Å². The zero-order chi connectivity index (χ0) is 19.8. The number of rotatable bonds is 7. The third kappa shape index (κ3) is 6.47. The number of benzene rings is 2. The van der Waals surface area contributed by atoms with Gasteiger partial charge in [0.05, 0.1) is 18.8 Å². The summed E-state index contributed by atoms with van der Waals surface area (Å²) in [6.07, 6.45) is -0.293. The molecule has 2 rings (SSSR count). The maximum Gasteiger partial charge on any atom is 0.337 e. The number of hydrogen-bond acceptors (Lipinski definition) is 5. The lowest BCUT2D eigenvalue weighted by Crippen LogP contribution is -2.21. The smallest absolute Gasteiger partial charge is 0.337 e. The van der Waals surface area contributed by atoms with Gasteiger partial charge >= 0.3 is 5.97 Å². The Kier molecular flexibility index (Phi) is 6.93. The minimum Gasteiger partial charge on any atom is -0.491 e. The lowest BCUT2D eigenvalue weighted by atomic mass is 10.2. The van der Waals surface area contributed by atoms with Crippen molar-refractivity contribution in [2.75, 3.05) is 17.7 Å². The second-order valence-corrected chi connectivity index (χ2v) is 6.04. The highest BCUT2D eigenvalue weighted by Gasteiger charge is 2.12. The summed E-state index contributed by atoms with van der Waals surface area (Å²) in [5.41, 5.74) is 1.28.